The van der Waals surface area contributed by atoms with Crippen LogP contribution >= 0.6 is 0 Å². The molecule has 7 nitrogen and oxygen atoms in total. The van der Waals surface area contributed by atoms with Crippen LogP contribution in [0.1, 0.15) is 24.2 Å². The zero-order valence-corrected chi connectivity index (χ0v) is 16.0. The summed E-state index contributed by atoms with van der Waals surface area (Å²) in [5, 5.41) is 4.48. The van der Waals surface area contributed by atoms with Gasteiger partial charge in [0.05, 0.1) is 13.0 Å². The van der Waals surface area contributed by atoms with Gasteiger partial charge in [-0.15, -0.1) is 0 Å². The number of halogens is 1. The van der Waals surface area contributed by atoms with E-state index < -0.39 is 0 Å². The Bertz CT molecular complexity index is 881. The Balaban J connectivity index is 1.25. The highest BCUT2D eigenvalue weighted by Crippen LogP contribution is 2.10. The molecule has 1 saturated heterocycles. The number of benzene rings is 1. The van der Waals surface area contributed by atoms with E-state index in [2.05, 4.69) is 10.00 Å². The maximum Gasteiger partial charge on any atom is 0.345 e. The van der Waals surface area contributed by atoms with E-state index in [0.29, 0.717) is 26.1 Å². The van der Waals surface area contributed by atoms with Gasteiger partial charge in [-0.3, -0.25) is 14.3 Å². The topological polar surface area (TPSA) is 63.4 Å². The highest BCUT2D eigenvalue weighted by atomic mass is 19.1. The van der Waals surface area contributed by atoms with Crippen LogP contribution in [0.15, 0.2) is 29.1 Å². The molecule has 0 N–H and O–H groups in total. The average Bonchev–Trinajstić information content (AvgIpc) is 3.04. The third kappa shape index (κ3) is 4.16. The summed E-state index contributed by atoms with van der Waals surface area (Å²) in [7, 11) is 0. The molecule has 4 rings (SSSR count). The quantitative estimate of drug-likeness (QED) is 0.765. The molecule has 3 heterocycles. The van der Waals surface area contributed by atoms with Crippen molar-refractivity contribution in [3.8, 4) is 0 Å². The van der Waals surface area contributed by atoms with Crippen molar-refractivity contribution in [3.05, 3.63) is 52.0 Å². The zero-order chi connectivity index (χ0) is 19.5. The van der Waals surface area contributed by atoms with E-state index in [0.717, 1.165) is 56.8 Å². The molecule has 1 amide bonds. The number of rotatable bonds is 5. The first-order chi connectivity index (χ1) is 13.6. The third-order valence-electron chi connectivity index (χ3n) is 5.65. The van der Waals surface area contributed by atoms with Gasteiger partial charge in [0.15, 0.2) is 0 Å². The minimum absolute atomic E-state index is 0.00260. The van der Waals surface area contributed by atoms with Gasteiger partial charge < -0.3 is 4.90 Å². The van der Waals surface area contributed by atoms with Gasteiger partial charge in [0.2, 0.25) is 5.91 Å². The van der Waals surface area contributed by atoms with Crippen LogP contribution in [0.25, 0.3) is 0 Å². The summed E-state index contributed by atoms with van der Waals surface area (Å²) < 4.78 is 16.4. The number of nitrogens with zero attached hydrogens (tertiary/aromatic N) is 5. The molecule has 0 unspecified atom stereocenters. The van der Waals surface area contributed by atoms with Crippen molar-refractivity contribution in [2.24, 2.45) is 0 Å². The predicted molar refractivity (Wildman–Crippen MR) is 103 cm³/mol. The van der Waals surface area contributed by atoms with E-state index in [-0.39, 0.29) is 17.4 Å². The number of carbonyl (C=O) groups is 1. The predicted octanol–water partition coefficient (Wildman–Crippen LogP) is 0.907. The van der Waals surface area contributed by atoms with Crippen molar-refractivity contribution in [2.45, 2.75) is 38.8 Å². The summed E-state index contributed by atoms with van der Waals surface area (Å²) in [6, 6.07) is 6.09. The second-order valence-corrected chi connectivity index (χ2v) is 7.56. The van der Waals surface area contributed by atoms with E-state index in [9.17, 15) is 14.0 Å². The van der Waals surface area contributed by atoms with E-state index in [4.69, 9.17) is 0 Å². The summed E-state index contributed by atoms with van der Waals surface area (Å²) >= 11 is 0. The molecule has 0 saturated carbocycles. The van der Waals surface area contributed by atoms with Gasteiger partial charge in [-0.05, 0) is 30.5 Å². The number of amides is 1. The first-order valence-corrected chi connectivity index (χ1v) is 10.0. The summed E-state index contributed by atoms with van der Waals surface area (Å²) in [5.41, 5.74) is 0.833. The van der Waals surface area contributed by atoms with Gasteiger partial charge in [-0.2, -0.15) is 5.10 Å². The molecule has 0 spiro atoms. The molecule has 28 heavy (non-hydrogen) atoms. The second-order valence-electron chi connectivity index (χ2n) is 7.56. The molecule has 1 fully saturated rings. The van der Waals surface area contributed by atoms with Crippen LogP contribution in [0, 0.1) is 5.82 Å². The van der Waals surface area contributed by atoms with Crippen LogP contribution in [0.4, 0.5) is 4.39 Å². The van der Waals surface area contributed by atoms with Crippen molar-refractivity contribution in [1.82, 2.24) is 24.1 Å². The number of aryl methyl sites for hydroxylation is 1. The largest absolute Gasteiger partial charge is 0.345 e. The Kier molecular flexibility index (Phi) is 5.57. The lowest BCUT2D eigenvalue weighted by atomic mass is 10.1. The number of piperazine rings is 1. The van der Waals surface area contributed by atoms with Crippen LogP contribution in [0.5, 0.6) is 0 Å². The summed E-state index contributed by atoms with van der Waals surface area (Å²) in [6.07, 6.45) is 3.34. The molecule has 2 aliphatic heterocycles. The van der Waals surface area contributed by atoms with Crippen LogP contribution in [0.2, 0.25) is 0 Å². The van der Waals surface area contributed by atoms with E-state index in [1.807, 2.05) is 4.90 Å². The Hall–Kier alpha value is -2.48. The van der Waals surface area contributed by atoms with E-state index in [1.165, 1.54) is 12.1 Å². The minimum Gasteiger partial charge on any atom is -0.340 e. The number of hydrogen-bond donors (Lipinski definition) is 0. The molecule has 0 aliphatic carbocycles. The molecule has 0 atom stereocenters. The Morgan fingerprint density at radius 2 is 1.75 bits per heavy atom. The summed E-state index contributed by atoms with van der Waals surface area (Å²) in [6.45, 7) is 5.06. The first kappa shape index (κ1) is 18.9. The van der Waals surface area contributed by atoms with Gasteiger partial charge in [0, 0.05) is 45.7 Å². The minimum atomic E-state index is -0.289. The van der Waals surface area contributed by atoms with Crippen molar-refractivity contribution >= 4 is 5.91 Å². The van der Waals surface area contributed by atoms with Crippen LogP contribution in [-0.4, -0.2) is 62.8 Å². The number of carbonyl (C=O) groups excluding carboxylic acids is 1. The van der Waals surface area contributed by atoms with Crippen LogP contribution < -0.4 is 5.69 Å². The Morgan fingerprint density at radius 3 is 2.46 bits per heavy atom. The SMILES string of the molecule is O=C(Cc1ccc(F)cc1)N1CCN(CCn2nc3n(c2=O)CCCC3)CC1. The van der Waals surface area contributed by atoms with Crippen LogP contribution in [-0.2, 0) is 30.7 Å². The molecule has 2 aliphatic rings. The van der Waals surface area contributed by atoms with Crippen molar-refractivity contribution in [1.29, 1.82) is 0 Å². The monoisotopic (exact) mass is 387 g/mol. The maximum atomic E-state index is 13.0. The normalized spacial score (nSPS) is 17.5. The Morgan fingerprint density at radius 1 is 1.00 bits per heavy atom. The fourth-order valence-electron chi connectivity index (χ4n) is 3.94. The van der Waals surface area contributed by atoms with Gasteiger partial charge in [0.25, 0.3) is 0 Å². The lowest BCUT2D eigenvalue weighted by Crippen LogP contribution is -2.50. The smallest absolute Gasteiger partial charge is 0.340 e. The summed E-state index contributed by atoms with van der Waals surface area (Å²) in [5.74, 6) is 0.694. The fraction of sp³-hybridized carbons (Fsp3) is 0.550. The molecule has 1 aromatic heterocycles. The van der Waals surface area contributed by atoms with Crippen molar-refractivity contribution < 1.29 is 9.18 Å². The number of hydrogen-bond acceptors (Lipinski definition) is 4. The van der Waals surface area contributed by atoms with E-state index in [1.54, 1.807) is 21.4 Å². The third-order valence-corrected chi connectivity index (χ3v) is 5.65. The van der Waals surface area contributed by atoms with Gasteiger partial charge in [0.1, 0.15) is 11.6 Å². The summed E-state index contributed by atoms with van der Waals surface area (Å²) in [4.78, 5) is 29.0. The molecular weight excluding hydrogens is 361 g/mol. The molecule has 0 bridgehead atoms. The van der Waals surface area contributed by atoms with Gasteiger partial charge in [-0.25, -0.2) is 13.9 Å². The zero-order valence-electron chi connectivity index (χ0n) is 16.0. The lowest BCUT2D eigenvalue weighted by Gasteiger charge is -2.34. The highest BCUT2D eigenvalue weighted by Gasteiger charge is 2.22. The fourth-order valence-corrected chi connectivity index (χ4v) is 3.94. The van der Waals surface area contributed by atoms with Crippen LogP contribution in [0.3, 0.4) is 0 Å². The highest BCUT2D eigenvalue weighted by molar-refractivity contribution is 5.78. The van der Waals surface area contributed by atoms with Gasteiger partial charge >= 0.3 is 5.69 Å². The second kappa shape index (κ2) is 8.26. The maximum absolute atomic E-state index is 13.0. The van der Waals surface area contributed by atoms with Gasteiger partial charge in [-0.1, -0.05) is 12.1 Å². The lowest BCUT2D eigenvalue weighted by molar-refractivity contribution is -0.132. The standard InChI is InChI=1S/C20H26FN5O2/c21-17-6-4-16(5-7-17)15-19(27)24-12-9-23(10-13-24)11-14-26-20(28)25-8-2-1-3-18(25)22-26/h4-7H,1-3,8-15H2. The van der Waals surface area contributed by atoms with Crippen molar-refractivity contribution in [3.63, 3.8) is 0 Å². The molecule has 8 heteroatoms. The first-order valence-electron chi connectivity index (χ1n) is 10.0. The molecule has 2 aromatic rings. The van der Waals surface area contributed by atoms with Crippen molar-refractivity contribution in [2.75, 3.05) is 32.7 Å². The number of fused-ring (bicyclic) bond motifs is 1. The molecule has 1 aromatic carbocycles. The number of aromatic nitrogens is 3. The molecule has 0 radical (unpaired) electrons. The Labute approximate surface area is 163 Å². The van der Waals surface area contributed by atoms with E-state index >= 15 is 0 Å². The molecular formula is C20H26FN5O2. The average molecular weight is 387 g/mol. The molecule has 150 valence electrons.